The van der Waals surface area contributed by atoms with E-state index in [1.165, 1.54) is 45.2 Å². The van der Waals surface area contributed by atoms with Gasteiger partial charge in [-0.05, 0) is 63.4 Å². The van der Waals surface area contributed by atoms with Crippen molar-refractivity contribution in [2.75, 3.05) is 20.1 Å². The van der Waals surface area contributed by atoms with Gasteiger partial charge in [0.15, 0.2) is 0 Å². The van der Waals surface area contributed by atoms with E-state index >= 15 is 0 Å². The molecule has 1 N–H and O–H groups in total. The van der Waals surface area contributed by atoms with E-state index in [0.29, 0.717) is 6.04 Å². The molecule has 0 saturated carbocycles. The molecule has 2 nitrogen and oxygen atoms in total. The van der Waals surface area contributed by atoms with E-state index in [9.17, 15) is 0 Å². The third kappa shape index (κ3) is 2.60. The molecule has 0 spiro atoms. The number of hydrogen-bond donors (Lipinski definition) is 1. The quantitative estimate of drug-likeness (QED) is 0.874. The second-order valence-electron chi connectivity index (χ2n) is 5.89. The Morgan fingerprint density at radius 3 is 2.56 bits per heavy atom. The van der Waals surface area contributed by atoms with Gasteiger partial charge in [0.05, 0.1) is 0 Å². The van der Waals surface area contributed by atoms with Crippen molar-refractivity contribution < 1.29 is 0 Å². The fourth-order valence-electron chi connectivity index (χ4n) is 3.50. The van der Waals surface area contributed by atoms with Crippen molar-refractivity contribution in [1.29, 1.82) is 0 Å². The average Bonchev–Trinajstić information content (AvgIpc) is 2.96. The first-order valence-corrected chi connectivity index (χ1v) is 7.33. The van der Waals surface area contributed by atoms with Crippen LogP contribution in [-0.4, -0.2) is 37.1 Å². The van der Waals surface area contributed by atoms with Gasteiger partial charge in [-0.25, -0.2) is 0 Å². The first kappa shape index (κ1) is 12.2. The van der Waals surface area contributed by atoms with Gasteiger partial charge in [-0.15, -0.1) is 0 Å². The summed E-state index contributed by atoms with van der Waals surface area (Å²) in [4.78, 5) is 2.52. The lowest BCUT2D eigenvalue weighted by Crippen LogP contribution is -2.34. The Kier molecular flexibility index (Phi) is 3.67. The van der Waals surface area contributed by atoms with Crippen LogP contribution in [0, 0.1) is 0 Å². The Labute approximate surface area is 110 Å². The summed E-state index contributed by atoms with van der Waals surface area (Å²) >= 11 is 0. The zero-order valence-electron chi connectivity index (χ0n) is 11.4. The van der Waals surface area contributed by atoms with Gasteiger partial charge in [-0.3, -0.25) is 0 Å². The van der Waals surface area contributed by atoms with E-state index in [1.54, 1.807) is 11.1 Å². The Morgan fingerprint density at radius 2 is 1.94 bits per heavy atom. The number of benzene rings is 1. The van der Waals surface area contributed by atoms with Crippen molar-refractivity contribution in [1.82, 2.24) is 10.2 Å². The van der Waals surface area contributed by atoms with Crippen molar-refractivity contribution in [3.63, 3.8) is 0 Å². The second kappa shape index (κ2) is 5.41. The van der Waals surface area contributed by atoms with Gasteiger partial charge >= 0.3 is 0 Å². The Morgan fingerprint density at radius 1 is 1.22 bits per heavy atom. The molecule has 0 bridgehead atoms. The van der Waals surface area contributed by atoms with Crippen molar-refractivity contribution >= 4 is 0 Å². The molecule has 1 fully saturated rings. The average molecular weight is 244 g/mol. The summed E-state index contributed by atoms with van der Waals surface area (Å²) < 4.78 is 0. The normalized spacial score (nSPS) is 24.6. The summed E-state index contributed by atoms with van der Waals surface area (Å²) in [6, 6.07) is 10.4. The smallest absolute Gasteiger partial charge is 0.0148 e. The van der Waals surface area contributed by atoms with E-state index in [0.717, 1.165) is 6.04 Å². The zero-order valence-corrected chi connectivity index (χ0v) is 11.4. The molecule has 3 rings (SSSR count). The van der Waals surface area contributed by atoms with Gasteiger partial charge < -0.3 is 10.2 Å². The van der Waals surface area contributed by atoms with Crippen LogP contribution in [0.15, 0.2) is 24.3 Å². The molecular formula is C16H24N2. The molecule has 1 heterocycles. The summed E-state index contributed by atoms with van der Waals surface area (Å²) in [7, 11) is 2.27. The highest BCUT2D eigenvalue weighted by atomic mass is 15.1. The lowest BCUT2D eigenvalue weighted by molar-refractivity contribution is 0.290. The molecule has 1 aliphatic carbocycles. The maximum atomic E-state index is 3.75. The summed E-state index contributed by atoms with van der Waals surface area (Å²) in [6.45, 7) is 2.47. The van der Waals surface area contributed by atoms with Crippen LogP contribution in [0.1, 0.15) is 30.4 Å². The topological polar surface area (TPSA) is 15.3 Å². The van der Waals surface area contributed by atoms with Crippen LogP contribution in [0.4, 0.5) is 0 Å². The highest BCUT2D eigenvalue weighted by molar-refractivity contribution is 5.33. The van der Waals surface area contributed by atoms with Gasteiger partial charge in [0.2, 0.25) is 0 Å². The van der Waals surface area contributed by atoms with Crippen LogP contribution in [0.25, 0.3) is 0 Å². The van der Waals surface area contributed by atoms with Crippen LogP contribution >= 0.6 is 0 Å². The SMILES string of the molecule is CN1CCCC1CCNC1Cc2ccccc2C1. The van der Waals surface area contributed by atoms with Crippen LogP contribution < -0.4 is 5.32 Å². The van der Waals surface area contributed by atoms with Crippen LogP contribution in [0.2, 0.25) is 0 Å². The fourth-order valence-corrected chi connectivity index (χ4v) is 3.50. The first-order chi connectivity index (χ1) is 8.83. The van der Waals surface area contributed by atoms with Crippen molar-refractivity contribution in [2.45, 2.75) is 44.2 Å². The third-order valence-corrected chi connectivity index (χ3v) is 4.63. The maximum Gasteiger partial charge on any atom is 0.0148 e. The van der Waals surface area contributed by atoms with E-state index in [4.69, 9.17) is 0 Å². The third-order valence-electron chi connectivity index (χ3n) is 4.63. The Hall–Kier alpha value is -0.860. The summed E-state index contributed by atoms with van der Waals surface area (Å²) in [5.74, 6) is 0. The molecule has 18 heavy (non-hydrogen) atoms. The highest BCUT2D eigenvalue weighted by Gasteiger charge is 2.22. The highest BCUT2D eigenvalue weighted by Crippen LogP contribution is 2.22. The van der Waals surface area contributed by atoms with Crippen LogP contribution in [-0.2, 0) is 12.8 Å². The minimum absolute atomic E-state index is 0.675. The minimum Gasteiger partial charge on any atom is -0.313 e. The van der Waals surface area contributed by atoms with E-state index in [-0.39, 0.29) is 0 Å². The minimum atomic E-state index is 0.675. The van der Waals surface area contributed by atoms with Gasteiger partial charge in [0.25, 0.3) is 0 Å². The van der Waals surface area contributed by atoms with E-state index < -0.39 is 0 Å². The number of nitrogens with one attached hydrogen (secondary N) is 1. The van der Waals surface area contributed by atoms with Crippen molar-refractivity contribution in [3.8, 4) is 0 Å². The van der Waals surface area contributed by atoms with E-state index in [2.05, 4.69) is 41.5 Å². The molecule has 1 saturated heterocycles. The van der Waals surface area contributed by atoms with Crippen molar-refractivity contribution in [3.05, 3.63) is 35.4 Å². The molecule has 1 aromatic carbocycles. The Balaban J connectivity index is 1.43. The molecule has 0 aromatic heterocycles. The van der Waals surface area contributed by atoms with Crippen LogP contribution in [0.3, 0.4) is 0 Å². The lowest BCUT2D eigenvalue weighted by atomic mass is 10.1. The first-order valence-electron chi connectivity index (χ1n) is 7.33. The number of nitrogens with zero attached hydrogens (tertiary/aromatic N) is 1. The molecule has 98 valence electrons. The number of fused-ring (bicyclic) bond motifs is 1. The largest absolute Gasteiger partial charge is 0.313 e. The molecule has 1 atom stereocenters. The van der Waals surface area contributed by atoms with Crippen molar-refractivity contribution in [2.24, 2.45) is 0 Å². The fraction of sp³-hybridized carbons (Fsp3) is 0.625. The predicted octanol–water partition coefficient (Wildman–Crippen LogP) is 2.23. The molecule has 1 aliphatic heterocycles. The molecule has 1 unspecified atom stereocenters. The predicted molar refractivity (Wildman–Crippen MR) is 75.9 cm³/mol. The standard InChI is InChI=1S/C16H24N2/c1-18-10-4-7-16(18)8-9-17-15-11-13-5-2-3-6-14(13)12-15/h2-3,5-6,15-17H,4,7-12H2,1H3. The number of hydrogen-bond acceptors (Lipinski definition) is 2. The molecule has 0 radical (unpaired) electrons. The van der Waals surface area contributed by atoms with Gasteiger partial charge in [-0.2, -0.15) is 0 Å². The number of rotatable bonds is 4. The molecule has 2 aliphatic rings. The summed E-state index contributed by atoms with van der Waals surface area (Å²) in [5, 5.41) is 3.75. The zero-order chi connectivity index (χ0) is 12.4. The molecule has 0 amide bonds. The molecule has 1 aromatic rings. The molecular weight excluding hydrogens is 220 g/mol. The van der Waals surface area contributed by atoms with E-state index in [1.807, 2.05) is 0 Å². The lowest BCUT2D eigenvalue weighted by Gasteiger charge is -2.20. The monoisotopic (exact) mass is 244 g/mol. The summed E-state index contributed by atoms with van der Waals surface area (Å²) in [6.07, 6.45) is 6.52. The van der Waals surface area contributed by atoms with Gasteiger partial charge in [0.1, 0.15) is 0 Å². The second-order valence-corrected chi connectivity index (χ2v) is 5.89. The van der Waals surface area contributed by atoms with Gasteiger partial charge in [0, 0.05) is 12.1 Å². The maximum absolute atomic E-state index is 3.75. The molecule has 2 heteroatoms. The Bertz CT molecular complexity index is 377. The van der Waals surface area contributed by atoms with Crippen LogP contribution in [0.5, 0.6) is 0 Å². The van der Waals surface area contributed by atoms with Gasteiger partial charge in [-0.1, -0.05) is 24.3 Å². The summed E-state index contributed by atoms with van der Waals surface area (Å²) in [5.41, 5.74) is 3.10. The number of likely N-dealkylation sites (tertiary alicyclic amines) is 1.